The molecule has 0 aliphatic rings. The summed E-state index contributed by atoms with van der Waals surface area (Å²) in [6.45, 7) is 14.6. The van der Waals surface area contributed by atoms with Crippen molar-refractivity contribution in [1.29, 1.82) is 0 Å². The fraction of sp³-hybridized carbons (Fsp3) is 0.400. The van der Waals surface area contributed by atoms with Crippen LogP contribution in [0.3, 0.4) is 0 Å². The quantitative estimate of drug-likeness (QED) is 0.543. The Hall–Kier alpha value is -1.70. The first-order chi connectivity index (χ1) is 11.4. The van der Waals surface area contributed by atoms with Crippen LogP contribution in [0.5, 0.6) is 0 Å². The van der Waals surface area contributed by atoms with Crippen molar-refractivity contribution in [1.82, 2.24) is 0 Å². The first-order valence-corrected chi connectivity index (χ1v) is 9.71. The van der Waals surface area contributed by atoms with Crippen molar-refractivity contribution in [3.05, 3.63) is 46.5 Å². The molecule has 4 heteroatoms. The lowest BCUT2D eigenvalue weighted by molar-refractivity contribution is 0.621. The van der Waals surface area contributed by atoms with Gasteiger partial charge in [0.15, 0.2) is 0 Å². The van der Waals surface area contributed by atoms with E-state index >= 15 is 0 Å². The molecule has 3 rings (SSSR count). The molecule has 0 saturated carbocycles. The highest BCUT2D eigenvalue weighted by molar-refractivity contribution is 7.38. The van der Waals surface area contributed by atoms with Crippen LogP contribution in [0.25, 0.3) is 21.9 Å². The third-order valence-electron chi connectivity index (χ3n) is 4.43. The number of hydrogen-bond acceptors (Lipinski definition) is 3. The summed E-state index contributed by atoms with van der Waals surface area (Å²) < 4.78 is 15.1. The highest BCUT2D eigenvalue weighted by Gasteiger charge is 2.14. The highest BCUT2D eigenvalue weighted by Crippen LogP contribution is 2.39. The molecule has 128 valence electrons. The molecule has 1 aromatic heterocycles. The molecular weight excluding hydrogens is 317 g/mol. The zero-order valence-corrected chi connectivity index (χ0v) is 16.3. The van der Waals surface area contributed by atoms with Crippen LogP contribution in [-0.4, -0.2) is 13.1 Å². The van der Waals surface area contributed by atoms with Gasteiger partial charge in [-0.05, 0) is 62.1 Å². The zero-order chi connectivity index (χ0) is 17.4. The third-order valence-corrected chi connectivity index (χ3v) is 6.13. The first kappa shape index (κ1) is 17.1. The predicted octanol–water partition coefficient (Wildman–Crippen LogP) is 6.50. The van der Waals surface area contributed by atoms with Gasteiger partial charge in [0.2, 0.25) is 0 Å². The van der Waals surface area contributed by atoms with Crippen LogP contribution in [0.2, 0.25) is 0 Å². The monoisotopic (exact) mass is 343 g/mol. The number of hydrogen-bond donors (Lipinski definition) is 0. The molecule has 0 spiro atoms. The van der Waals surface area contributed by atoms with Crippen LogP contribution in [0.15, 0.2) is 32.7 Å². The van der Waals surface area contributed by atoms with E-state index in [2.05, 4.69) is 70.5 Å². The minimum Gasteiger partial charge on any atom is -0.408 e. The van der Waals surface area contributed by atoms with Gasteiger partial charge in [-0.25, -0.2) is 4.67 Å². The topological polar surface area (TPSA) is 29.5 Å². The van der Waals surface area contributed by atoms with Crippen molar-refractivity contribution in [3.63, 3.8) is 0 Å². The number of rotatable bonds is 3. The second-order valence-corrected chi connectivity index (χ2v) is 7.88. The summed E-state index contributed by atoms with van der Waals surface area (Å²) in [7, 11) is -1.15. The van der Waals surface area contributed by atoms with E-state index in [1.165, 1.54) is 22.3 Å². The van der Waals surface area contributed by atoms with Crippen molar-refractivity contribution in [2.24, 2.45) is 0 Å². The molecule has 3 aromatic rings. The van der Waals surface area contributed by atoms with E-state index in [4.69, 9.17) is 8.39 Å². The Kier molecular flexibility index (Phi) is 4.76. The summed E-state index contributed by atoms with van der Waals surface area (Å²) in [6.07, 6.45) is 0. The minimum absolute atomic E-state index is 0.905. The molecule has 3 nitrogen and oxygen atoms in total. The van der Waals surface area contributed by atoms with Crippen molar-refractivity contribution in [3.8, 4) is 0 Å². The van der Waals surface area contributed by atoms with Crippen LogP contribution in [0.4, 0.5) is 0 Å². The maximum atomic E-state index is 6.43. The lowest BCUT2D eigenvalue weighted by Gasteiger charge is -2.13. The SMILES string of the molecule is CCN(CC)p1oc2c(C)cc(C)cc2c2cc(C)cc(C)c2o1. The largest absolute Gasteiger partial charge is 0.408 e. The van der Waals surface area contributed by atoms with Crippen molar-refractivity contribution in [2.45, 2.75) is 41.5 Å². The molecule has 24 heavy (non-hydrogen) atoms. The van der Waals surface area contributed by atoms with E-state index < -0.39 is 8.16 Å². The number of nitrogens with zero attached hydrogens (tertiary/aromatic N) is 1. The molecule has 0 unspecified atom stereocenters. The number of benzene rings is 2. The van der Waals surface area contributed by atoms with Gasteiger partial charge in [-0.1, -0.05) is 26.0 Å². The molecule has 0 amide bonds. The Bertz CT molecular complexity index is 869. The lowest BCUT2D eigenvalue weighted by Crippen LogP contribution is -2.17. The average Bonchev–Trinajstić information content (AvgIpc) is 2.67. The Morgan fingerprint density at radius 1 is 0.750 bits per heavy atom. The molecule has 0 radical (unpaired) electrons. The smallest absolute Gasteiger partial charge is 0.309 e. The summed E-state index contributed by atoms with van der Waals surface area (Å²) in [6, 6.07) is 8.79. The second kappa shape index (κ2) is 6.66. The van der Waals surface area contributed by atoms with Gasteiger partial charge in [0, 0.05) is 23.9 Å². The standard InChI is InChI=1S/C20H26NO2P/c1-7-21(8-2)24-22-19-15(5)9-13(3)11-17(19)18-12-14(4)10-16(6)20(18)23-24/h9-12H,7-8H2,1-6H3. The van der Waals surface area contributed by atoms with E-state index in [-0.39, 0.29) is 0 Å². The molecule has 0 saturated heterocycles. The summed E-state index contributed by atoms with van der Waals surface area (Å²) in [4.78, 5) is 0. The van der Waals surface area contributed by atoms with Crippen LogP contribution >= 0.6 is 8.16 Å². The van der Waals surface area contributed by atoms with Gasteiger partial charge in [0.1, 0.15) is 11.2 Å². The first-order valence-electron chi connectivity index (χ1n) is 8.58. The number of fused-ring (bicyclic) bond motifs is 3. The summed E-state index contributed by atoms with van der Waals surface area (Å²) in [5.74, 6) is 0. The molecule has 0 atom stereocenters. The fourth-order valence-corrected chi connectivity index (χ4v) is 4.82. The zero-order valence-electron chi connectivity index (χ0n) is 15.4. The Balaban J connectivity index is 2.58. The van der Waals surface area contributed by atoms with Gasteiger partial charge in [0.25, 0.3) is 0 Å². The van der Waals surface area contributed by atoms with Gasteiger partial charge >= 0.3 is 8.16 Å². The second-order valence-electron chi connectivity index (χ2n) is 6.48. The van der Waals surface area contributed by atoms with Crippen molar-refractivity contribution in [2.75, 3.05) is 17.8 Å². The molecule has 0 N–H and O–H groups in total. The normalized spacial score (nSPS) is 11.6. The Morgan fingerprint density at radius 3 is 1.54 bits per heavy atom. The van der Waals surface area contributed by atoms with Gasteiger partial charge in [-0.3, -0.25) is 0 Å². The van der Waals surface area contributed by atoms with Gasteiger partial charge in [-0.2, -0.15) is 0 Å². The van der Waals surface area contributed by atoms with Crippen LogP contribution in [0.1, 0.15) is 36.1 Å². The summed E-state index contributed by atoms with van der Waals surface area (Å²) >= 11 is 0. The molecule has 0 bridgehead atoms. The molecule has 1 heterocycles. The lowest BCUT2D eigenvalue weighted by atomic mass is 10.0. The van der Waals surface area contributed by atoms with Gasteiger partial charge < -0.3 is 8.39 Å². The molecule has 0 aliphatic heterocycles. The predicted molar refractivity (Wildman–Crippen MR) is 105 cm³/mol. The molecule has 2 aromatic carbocycles. The Morgan fingerprint density at radius 2 is 1.17 bits per heavy atom. The van der Waals surface area contributed by atoms with Crippen LogP contribution < -0.4 is 4.67 Å². The van der Waals surface area contributed by atoms with E-state index in [0.29, 0.717) is 0 Å². The fourth-order valence-electron chi connectivity index (χ4n) is 3.30. The van der Waals surface area contributed by atoms with Crippen LogP contribution in [-0.2, 0) is 0 Å². The van der Waals surface area contributed by atoms with Crippen LogP contribution in [0, 0.1) is 27.7 Å². The van der Waals surface area contributed by atoms with Crippen molar-refractivity contribution < 1.29 is 8.39 Å². The average molecular weight is 343 g/mol. The highest BCUT2D eigenvalue weighted by atomic mass is 31.1. The molecule has 0 aliphatic carbocycles. The van der Waals surface area contributed by atoms with Gasteiger partial charge in [0.05, 0.1) is 0 Å². The Labute approximate surface area is 144 Å². The van der Waals surface area contributed by atoms with Crippen molar-refractivity contribution >= 4 is 30.1 Å². The molecular formula is C20H26NO2P. The van der Waals surface area contributed by atoms with Gasteiger partial charge in [-0.15, -0.1) is 0 Å². The van der Waals surface area contributed by atoms with E-state index in [1.54, 1.807) is 0 Å². The maximum Gasteiger partial charge on any atom is 0.309 e. The summed E-state index contributed by atoms with van der Waals surface area (Å²) in [5.41, 5.74) is 6.74. The number of aryl methyl sites for hydroxylation is 4. The van der Waals surface area contributed by atoms with E-state index in [9.17, 15) is 0 Å². The summed E-state index contributed by atoms with van der Waals surface area (Å²) in [5, 5.41) is 2.29. The van der Waals surface area contributed by atoms with E-state index in [1.807, 2.05) is 0 Å². The maximum absolute atomic E-state index is 6.43. The van der Waals surface area contributed by atoms with E-state index in [0.717, 1.165) is 35.0 Å². The minimum atomic E-state index is -1.15. The third kappa shape index (κ3) is 2.99. The molecule has 0 fully saturated rings.